The van der Waals surface area contributed by atoms with Gasteiger partial charge in [0.05, 0.1) is 0 Å². The summed E-state index contributed by atoms with van der Waals surface area (Å²) in [7, 11) is 0. The normalized spacial score (nSPS) is 21.4. The average molecular weight is 199 g/mol. The zero-order valence-corrected chi connectivity index (χ0v) is 9.71. The second kappa shape index (κ2) is 6.38. The Morgan fingerprint density at radius 1 is 1.07 bits per heavy atom. The van der Waals surface area contributed by atoms with E-state index < -0.39 is 0 Å². The third-order valence-corrected chi connectivity index (χ3v) is 2.75. The van der Waals surface area contributed by atoms with Gasteiger partial charge in [0.15, 0.2) is 0 Å². The van der Waals surface area contributed by atoms with Crippen LogP contribution in [0.2, 0.25) is 0 Å². The zero-order valence-electron chi connectivity index (χ0n) is 9.71. The van der Waals surface area contributed by atoms with Crippen LogP contribution in [-0.2, 0) is 0 Å². The van der Waals surface area contributed by atoms with Gasteiger partial charge in [-0.05, 0) is 25.4 Å². The highest BCUT2D eigenvalue weighted by molar-refractivity contribution is 4.70. The summed E-state index contributed by atoms with van der Waals surface area (Å²) in [5, 5.41) is 0. The Labute approximate surface area is 88.2 Å². The molecule has 1 aliphatic heterocycles. The summed E-state index contributed by atoms with van der Waals surface area (Å²) in [4.78, 5) is 5.07. The number of hydrogen-bond donors (Lipinski definition) is 1. The molecule has 3 nitrogen and oxygen atoms in total. The number of nitrogens with two attached hydrogens (primary N) is 1. The Kier molecular flexibility index (Phi) is 5.45. The van der Waals surface area contributed by atoms with Gasteiger partial charge in [0, 0.05) is 32.7 Å². The molecule has 0 radical (unpaired) electrons. The van der Waals surface area contributed by atoms with E-state index in [0.717, 1.165) is 19.0 Å². The van der Waals surface area contributed by atoms with E-state index in [1.54, 1.807) is 0 Å². The van der Waals surface area contributed by atoms with E-state index in [4.69, 9.17) is 5.73 Å². The minimum absolute atomic E-state index is 0.788. The molecule has 84 valence electrons. The summed E-state index contributed by atoms with van der Waals surface area (Å²) in [6, 6.07) is 0. The maximum absolute atomic E-state index is 5.57. The monoisotopic (exact) mass is 199 g/mol. The van der Waals surface area contributed by atoms with Crippen LogP contribution in [0.1, 0.15) is 20.3 Å². The molecular formula is C11H25N3. The minimum Gasteiger partial charge on any atom is -0.329 e. The van der Waals surface area contributed by atoms with Crippen molar-refractivity contribution < 1.29 is 0 Å². The van der Waals surface area contributed by atoms with Crippen molar-refractivity contribution in [2.24, 2.45) is 11.7 Å². The first-order valence-corrected chi connectivity index (χ1v) is 5.87. The van der Waals surface area contributed by atoms with E-state index in [9.17, 15) is 0 Å². The number of rotatable bonds is 4. The Morgan fingerprint density at radius 2 is 1.71 bits per heavy atom. The molecule has 0 unspecified atom stereocenters. The second-order valence-electron chi connectivity index (χ2n) is 4.68. The molecule has 2 N–H and O–H groups in total. The van der Waals surface area contributed by atoms with Crippen LogP contribution in [0.3, 0.4) is 0 Å². The second-order valence-corrected chi connectivity index (χ2v) is 4.68. The third-order valence-electron chi connectivity index (χ3n) is 2.75. The molecule has 1 heterocycles. The van der Waals surface area contributed by atoms with Gasteiger partial charge in [-0.15, -0.1) is 0 Å². The van der Waals surface area contributed by atoms with Crippen molar-refractivity contribution in [3.05, 3.63) is 0 Å². The van der Waals surface area contributed by atoms with Crippen molar-refractivity contribution in [1.29, 1.82) is 0 Å². The summed E-state index contributed by atoms with van der Waals surface area (Å²) < 4.78 is 0. The summed E-state index contributed by atoms with van der Waals surface area (Å²) in [6.45, 7) is 12.6. The fourth-order valence-corrected chi connectivity index (χ4v) is 2.13. The third kappa shape index (κ3) is 4.40. The Bertz CT molecular complexity index is 147. The summed E-state index contributed by atoms with van der Waals surface area (Å²) >= 11 is 0. The average Bonchev–Trinajstić information content (AvgIpc) is 2.31. The Balaban J connectivity index is 2.25. The first-order chi connectivity index (χ1) is 6.72. The molecule has 0 aromatic carbocycles. The van der Waals surface area contributed by atoms with Gasteiger partial charge in [-0.25, -0.2) is 0 Å². The quantitative estimate of drug-likeness (QED) is 0.720. The van der Waals surface area contributed by atoms with Crippen molar-refractivity contribution >= 4 is 0 Å². The molecule has 0 bridgehead atoms. The lowest BCUT2D eigenvalue weighted by atomic mass is 10.2. The standard InChI is InChI=1S/C11H25N3/c1-11(2)10-14-6-3-5-13(7-4-12)8-9-14/h11H,3-10,12H2,1-2H3. The zero-order chi connectivity index (χ0) is 10.4. The molecule has 1 rings (SSSR count). The summed E-state index contributed by atoms with van der Waals surface area (Å²) in [5.41, 5.74) is 5.57. The fourth-order valence-electron chi connectivity index (χ4n) is 2.13. The highest BCUT2D eigenvalue weighted by Crippen LogP contribution is 2.05. The van der Waals surface area contributed by atoms with Crippen molar-refractivity contribution in [3.63, 3.8) is 0 Å². The maximum Gasteiger partial charge on any atom is 0.0110 e. The predicted octanol–water partition coefficient (Wildman–Crippen LogP) is 0.609. The van der Waals surface area contributed by atoms with E-state index in [1.807, 2.05) is 0 Å². The lowest BCUT2D eigenvalue weighted by Crippen LogP contribution is -2.35. The summed E-state index contributed by atoms with van der Waals surface area (Å²) in [6.07, 6.45) is 1.30. The molecule has 14 heavy (non-hydrogen) atoms. The molecule has 1 saturated heterocycles. The van der Waals surface area contributed by atoms with Gasteiger partial charge in [-0.3, -0.25) is 0 Å². The molecule has 0 amide bonds. The van der Waals surface area contributed by atoms with E-state index in [0.29, 0.717) is 0 Å². The van der Waals surface area contributed by atoms with Crippen molar-refractivity contribution in [1.82, 2.24) is 9.80 Å². The van der Waals surface area contributed by atoms with E-state index in [-0.39, 0.29) is 0 Å². The summed E-state index contributed by atoms with van der Waals surface area (Å²) in [5.74, 6) is 0.788. The SMILES string of the molecule is CC(C)CN1CCCN(CCN)CC1. The Morgan fingerprint density at radius 3 is 2.36 bits per heavy atom. The van der Waals surface area contributed by atoms with Crippen LogP contribution in [0.4, 0.5) is 0 Å². The Hall–Kier alpha value is -0.120. The van der Waals surface area contributed by atoms with Crippen LogP contribution in [0.15, 0.2) is 0 Å². The van der Waals surface area contributed by atoms with Crippen LogP contribution in [-0.4, -0.2) is 55.6 Å². The topological polar surface area (TPSA) is 32.5 Å². The minimum atomic E-state index is 0.788. The van der Waals surface area contributed by atoms with Crippen LogP contribution in [0.25, 0.3) is 0 Å². The maximum atomic E-state index is 5.57. The first kappa shape index (κ1) is 12.0. The molecule has 0 aliphatic carbocycles. The van der Waals surface area contributed by atoms with Gasteiger partial charge in [0.1, 0.15) is 0 Å². The molecule has 0 saturated carbocycles. The van der Waals surface area contributed by atoms with Crippen LogP contribution >= 0.6 is 0 Å². The smallest absolute Gasteiger partial charge is 0.0110 e. The molecule has 1 aliphatic rings. The van der Waals surface area contributed by atoms with Gasteiger partial charge in [-0.2, -0.15) is 0 Å². The van der Waals surface area contributed by atoms with Gasteiger partial charge in [-0.1, -0.05) is 13.8 Å². The van der Waals surface area contributed by atoms with E-state index >= 15 is 0 Å². The molecule has 0 aromatic heterocycles. The fraction of sp³-hybridized carbons (Fsp3) is 1.00. The highest BCUT2D eigenvalue weighted by Gasteiger charge is 2.14. The van der Waals surface area contributed by atoms with E-state index in [2.05, 4.69) is 23.6 Å². The van der Waals surface area contributed by atoms with Crippen LogP contribution in [0.5, 0.6) is 0 Å². The largest absolute Gasteiger partial charge is 0.329 e. The van der Waals surface area contributed by atoms with Crippen molar-refractivity contribution in [2.45, 2.75) is 20.3 Å². The number of nitrogens with zero attached hydrogens (tertiary/aromatic N) is 2. The molecule has 0 aromatic rings. The van der Waals surface area contributed by atoms with Gasteiger partial charge in [0.2, 0.25) is 0 Å². The van der Waals surface area contributed by atoms with Gasteiger partial charge in [0.25, 0.3) is 0 Å². The lowest BCUT2D eigenvalue weighted by molar-refractivity contribution is 0.240. The van der Waals surface area contributed by atoms with E-state index in [1.165, 1.54) is 39.1 Å². The molecule has 1 fully saturated rings. The molecule has 3 heteroatoms. The van der Waals surface area contributed by atoms with Crippen LogP contribution in [0, 0.1) is 5.92 Å². The predicted molar refractivity (Wildman–Crippen MR) is 61.4 cm³/mol. The van der Waals surface area contributed by atoms with Gasteiger partial charge < -0.3 is 15.5 Å². The van der Waals surface area contributed by atoms with Crippen molar-refractivity contribution in [2.75, 3.05) is 45.8 Å². The van der Waals surface area contributed by atoms with Gasteiger partial charge >= 0.3 is 0 Å². The van der Waals surface area contributed by atoms with Crippen LogP contribution < -0.4 is 5.73 Å². The molecule has 0 atom stereocenters. The highest BCUT2D eigenvalue weighted by atomic mass is 15.2. The lowest BCUT2D eigenvalue weighted by Gasteiger charge is -2.22. The first-order valence-electron chi connectivity index (χ1n) is 5.87. The number of hydrogen-bond acceptors (Lipinski definition) is 3. The molecular weight excluding hydrogens is 174 g/mol. The van der Waals surface area contributed by atoms with Crippen molar-refractivity contribution in [3.8, 4) is 0 Å². The molecule has 0 spiro atoms.